The summed E-state index contributed by atoms with van der Waals surface area (Å²) in [6.07, 6.45) is 4.28. The fourth-order valence-electron chi connectivity index (χ4n) is 0.864. The number of halogens is 1. The third-order valence-corrected chi connectivity index (χ3v) is 1.31. The van der Waals surface area contributed by atoms with E-state index in [1.807, 2.05) is 6.08 Å². The molecule has 2 unspecified atom stereocenters. The second-order valence-electron chi connectivity index (χ2n) is 2.06. The van der Waals surface area contributed by atoms with Crippen LogP contribution in [0.4, 0.5) is 0 Å². The van der Waals surface area contributed by atoms with Gasteiger partial charge in [0, 0.05) is 12.5 Å². The Morgan fingerprint density at radius 1 is 1.60 bits per heavy atom. The molecule has 0 aromatic rings. The number of rotatable bonds is 2. The molecule has 2 N–H and O–H groups in total. The molecular formula is C6H10ClNO2. The average molecular weight is 164 g/mol. The number of ether oxygens (including phenoxy) is 1. The van der Waals surface area contributed by atoms with Gasteiger partial charge in [0.05, 0.1) is 0 Å². The van der Waals surface area contributed by atoms with Crippen LogP contribution < -0.4 is 5.73 Å². The largest absolute Gasteiger partial charge is 0.460 e. The van der Waals surface area contributed by atoms with E-state index in [1.54, 1.807) is 6.08 Å². The van der Waals surface area contributed by atoms with Crippen molar-refractivity contribution in [3.63, 3.8) is 0 Å². The lowest BCUT2D eigenvalue weighted by Gasteiger charge is -2.04. The maximum absolute atomic E-state index is 9.77. The summed E-state index contributed by atoms with van der Waals surface area (Å²) in [6.45, 7) is 0.451. The van der Waals surface area contributed by atoms with Crippen LogP contribution >= 0.6 is 12.4 Å². The number of hydrogen-bond acceptors (Lipinski definition) is 3. The van der Waals surface area contributed by atoms with E-state index in [9.17, 15) is 4.79 Å². The zero-order valence-corrected chi connectivity index (χ0v) is 6.21. The predicted octanol–water partition coefficient (Wildman–Crippen LogP) is 0.237. The first-order valence-corrected chi connectivity index (χ1v) is 2.86. The molecule has 1 rings (SSSR count). The molecule has 1 aliphatic carbocycles. The molecule has 0 radical (unpaired) electrons. The van der Waals surface area contributed by atoms with Gasteiger partial charge in [-0.05, 0) is 6.08 Å². The Bertz CT molecular complexity index is 138. The van der Waals surface area contributed by atoms with Crippen molar-refractivity contribution in [2.75, 3.05) is 0 Å². The van der Waals surface area contributed by atoms with Gasteiger partial charge in [0.25, 0.3) is 6.47 Å². The van der Waals surface area contributed by atoms with Crippen molar-refractivity contribution in [1.82, 2.24) is 0 Å². The second-order valence-corrected chi connectivity index (χ2v) is 2.06. The smallest absolute Gasteiger partial charge is 0.293 e. The topological polar surface area (TPSA) is 52.3 Å². The van der Waals surface area contributed by atoms with Crippen molar-refractivity contribution < 1.29 is 9.53 Å². The highest BCUT2D eigenvalue weighted by Gasteiger charge is 2.15. The summed E-state index contributed by atoms with van der Waals surface area (Å²) < 4.78 is 4.63. The van der Waals surface area contributed by atoms with Crippen molar-refractivity contribution in [3.05, 3.63) is 12.2 Å². The molecule has 10 heavy (non-hydrogen) atoms. The van der Waals surface area contributed by atoms with Crippen LogP contribution in [0.15, 0.2) is 12.2 Å². The molecule has 0 fully saturated rings. The quantitative estimate of drug-likeness (QED) is 0.469. The van der Waals surface area contributed by atoms with Gasteiger partial charge in [-0.15, -0.1) is 12.4 Å². The van der Waals surface area contributed by atoms with Crippen LogP contribution in [0.1, 0.15) is 6.42 Å². The monoisotopic (exact) mass is 163 g/mol. The van der Waals surface area contributed by atoms with Gasteiger partial charge in [-0.25, -0.2) is 0 Å². The predicted molar refractivity (Wildman–Crippen MR) is 39.9 cm³/mol. The summed E-state index contributed by atoms with van der Waals surface area (Å²) in [5.74, 6) is 0. The molecule has 1 aliphatic rings. The summed E-state index contributed by atoms with van der Waals surface area (Å²) >= 11 is 0. The minimum absolute atomic E-state index is 0. The highest BCUT2D eigenvalue weighted by atomic mass is 35.5. The summed E-state index contributed by atoms with van der Waals surface area (Å²) in [4.78, 5) is 9.77. The highest BCUT2D eigenvalue weighted by molar-refractivity contribution is 5.85. The third kappa shape index (κ3) is 2.37. The van der Waals surface area contributed by atoms with E-state index in [0.29, 0.717) is 6.47 Å². The second kappa shape index (κ2) is 4.30. The molecule has 0 spiro atoms. The lowest BCUT2D eigenvalue weighted by Crippen LogP contribution is -2.18. The Labute approximate surface area is 65.6 Å². The molecule has 0 aliphatic heterocycles. The minimum atomic E-state index is -0.0856. The molecule has 0 saturated heterocycles. The molecule has 2 atom stereocenters. The summed E-state index contributed by atoms with van der Waals surface area (Å²) in [5, 5.41) is 0. The normalized spacial score (nSPS) is 29.3. The van der Waals surface area contributed by atoms with Crippen molar-refractivity contribution >= 4 is 18.9 Å². The fourth-order valence-corrected chi connectivity index (χ4v) is 0.864. The van der Waals surface area contributed by atoms with Gasteiger partial charge < -0.3 is 10.5 Å². The molecule has 58 valence electrons. The molecule has 0 heterocycles. The van der Waals surface area contributed by atoms with E-state index >= 15 is 0 Å². The zero-order valence-electron chi connectivity index (χ0n) is 5.40. The molecule has 0 aromatic heterocycles. The molecule has 4 heteroatoms. The van der Waals surface area contributed by atoms with Gasteiger partial charge in [-0.2, -0.15) is 0 Å². The van der Waals surface area contributed by atoms with Gasteiger partial charge >= 0.3 is 0 Å². The Kier molecular flexibility index (Phi) is 4.07. The molecular weight excluding hydrogens is 154 g/mol. The Morgan fingerprint density at radius 3 is 2.70 bits per heavy atom. The van der Waals surface area contributed by atoms with E-state index < -0.39 is 0 Å². The van der Waals surface area contributed by atoms with Crippen LogP contribution in [0.5, 0.6) is 0 Å². The van der Waals surface area contributed by atoms with Gasteiger partial charge in [-0.3, -0.25) is 4.79 Å². The van der Waals surface area contributed by atoms with Crippen LogP contribution in [0.3, 0.4) is 0 Å². The van der Waals surface area contributed by atoms with Crippen LogP contribution in [-0.2, 0) is 9.53 Å². The van der Waals surface area contributed by atoms with Gasteiger partial charge in [0.2, 0.25) is 0 Å². The van der Waals surface area contributed by atoms with E-state index in [2.05, 4.69) is 4.74 Å². The molecule has 0 aromatic carbocycles. The van der Waals surface area contributed by atoms with Crippen LogP contribution in [0.2, 0.25) is 0 Å². The van der Waals surface area contributed by atoms with E-state index in [-0.39, 0.29) is 24.6 Å². The number of carbonyl (C=O) groups excluding carboxylic acids is 1. The fraction of sp³-hybridized carbons (Fsp3) is 0.500. The maximum Gasteiger partial charge on any atom is 0.293 e. The SMILES string of the molecule is Cl.NC1C=CC(OC=O)C1. The minimum Gasteiger partial charge on any atom is -0.460 e. The van der Waals surface area contributed by atoms with Gasteiger partial charge in [0.1, 0.15) is 6.10 Å². The number of hydrogen-bond donors (Lipinski definition) is 1. The highest BCUT2D eigenvalue weighted by Crippen LogP contribution is 2.10. The van der Waals surface area contributed by atoms with Crippen LogP contribution in [0.25, 0.3) is 0 Å². The van der Waals surface area contributed by atoms with Crippen molar-refractivity contribution in [1.29, 1.82) is 0 Å². The lowest BCUT2D eigenvalue weighted by atomic mass is 10.2. The van der Waals surface area contributed by atoms with Crippen molar-refractivity contribution in [3.8, 4) is 0 Å². The van der Waals surface area contributed by atoms with Gasteiger partial charge in [-0.1, -0.05) is 6.08 Å². The van der Waals surface area contributed by atoms with Crippen molar-refractivity contribution in [2.24, 2.45) is 5.73 Å². The summed E-state index contributed by atoms with van der Waals surface area (Å²) in [7, 11) is 0. The Morgan fingerprint density at radius 2 is 2.30 bits per heavy atom. The zero-order chi connectivity index (χ0) is 6.69. The van der Waals surface area contributed by atoms with E-state index in [1.165, 1.54) is 0 Å². The van der Waals surface area contributed by atoms with Crippen LogP contribution in [0, 0.1) is 0 Å². The summed E-state index contributed by atoms with van der Waals surface area (Å²) in [5.41, 5.74) is 5.47. The lowest BCUT2D eigenvalue weighted by molar-refractivity contribution is -0.131. The molecule has 0 amide bonds. The molecule has 0 bridgehead atoms. The average Bonchev–Trinajstić information content (AvgIpc) is 2.17. The van der Waals surface area contributed by atoms with E-state index in [4.69, 9.17) is 5.73 Å². The first-order chi connectivity index (χ1) is 4.33. The first kappa shape index (κ1) is 9.46. The van der Waals surface area contributed by atoms with Gasteiger partial charge in [0.15, 0.2) is 0 Å². The number of carbonyl (C=O) groups is 1. The maximum atomic E-state index is 9.77. The van der Waals surface area contributed by atoms with E-state index in [0.717, 1.165) is 6.42 Å². The van der Waals surface area contributed by atoms with Crippen LogP contribution in [-0.4, -0.2) is 18.6 Å². The number of nitrogens with two attached hydrogens (primary N) is 1. The summed E-state index contributed by atoms with van der Waals surface area (Å²) in [6, 6.07) is 0.0648. The van der Waals surface area contributed by atoms with Crippen molar-refractivity contribution in [2.45, 2.75) is 18.6 Å². The Balaban J connectivity index is 0.000000810. The molecule has 3 nitrogen and oxygen atoms in total. The Hall–Kier alpha value is -0.540. The first-order valence-electron chi connectivity index (χ1n) is 2.86. The molecule has 0 saturated carbocycles. The third-order valence-electron chi connectivity index (χ3n) is 1.31. The standard InChI is InChI=1S/C6H9NO2.ClH/c7-5-1-2-6(3-5)9-4-8;/h1-2,4-6H,3,7H2;1H.